The SMILES string of the molecule is COc1ccc(C(COc2ccccc2)NC(=O)C(NC(=O)OC(C)C)C(C)C)cc1OC. The molecule has 2 rings (SSSR count). The number of carbonyl (C=O) groups is 2. The van der Waals surface area contributed by atoms with E-state index in [1.165, 1.54) is 0 Å². The van der Waals surface area contributed by atoms with Crippen molar-refractivity contribution in [1.29, 1.82) is 0 Å². The van der Waals surface area contributed by atoms with Crippen molar-refractivity contribution in [2.75, 3.05) is 20.8 Å². The topological polar surface area (TPSA) is 95.1 Å². The van der Waals surface area contributed by atoms with Gasteiger partial charge in [-0.2, -0.15) is 0 Å². The molecule has 2 amide bonds. The summed E-state index contributed by atoms with van der Waals surface area (Å²) >= 11 is 0. The maximum atomic E-state index is 13.2. The molecule has 0 fully saturated rings. The predicted molar refractivity (Wildman–Crippen MR) is 126 cm³/mol. The molecule has 2 unspecified atom stereocenters. The molecule has 0 aliphatic carbocycles. The van der Waals surface area contributed by atoms with Crippen LogP contribution in [0.3, 0.4) is 0 Å². The molecule has 0 spiro atoms. The van der Waals surface area contributed by atoms with E-state index in [0.29, 0.717) is 17.2 Å². The zero-order valence-electron chi connectivity index (χ0n) is 20.1. The summed E-state index contributed by atoms with van der Waals surface area (Å²) in [6.07, 6.45) is -0.929. The number of methoxy groups -OCH3 is 2. The molecule has 0 aliphatic heterocycles. The fourth-order valence-corrected chi connectivity index (χ4v) is 3.16. The lowest BCUT2D eigenvalue weighted by atomic mass is 10.0. The maximum absolute atomic E-state index is 13.2. The van der Waals surface area contributed by atoms with Gasteiger partial charge >= 0.3 is 6.09 Å². The Balaban J connectivity index is 2.26. The van der Waals surface area contributed by atoms with Gasteiger partial charge in [0, 0.05) is 0 Å². The third-order valence-corrected chi connectivity index (χ3v) is 4.85. The average Bonchev–Trinajstić information content (AvgIpc) is 2.79. The van der Waals surface area contributed by atoms with Crippen molar-refractivity contribution in [3.63, 3.8) is 0 Å². The first-order valence-corrected chi connectivity index (χ1v) is 10.9. The van der Waals surface area contributed by atoms with Crippen molar-refractivity contribution in [1.82, 2.24) is 10.6 Å². The second-order valence-corrected chi connectivity index (χ2v) is 8.12. The molecule has 0 saturated heterocycles. The second-order valence-electron chi connectivity index (χ2n) is 8.12. The van der Waals surface area contributed by atoms with Gasteiger partial charge in [-0.1, -0.05) is 38.1 Å². The van der Waals surface area contributed by atoms with E-state index in [-0.39, 0.29) is 24.5 Å². The fraction of sp³-hybridized carbons (Fsp3) is 0.440. The van der Waals surface area contributed by atoms with Gasteiger partial charge in [-0.05, 0) is 49.6 Å². The van der Waals surface area contributed by atoms with Gasteiger partial charge in [0.15, 0.2) is 11.5 Å². The fourth-order valence-electron chi connectivity index (χ4n) is 3.16. The molecule has 0 heterocycles. The highest BCUT2D eigenvalue weighted by Crippen LogP contribution is 2.30. The molecule has 180 valence electrons. The second kappa shape index (κ2) is 12.6. The molecule has 0 radical (unpaired) electrons. The Morgan fingerprint density at radius 1 is 0.879 bits per heavy atom. The van der Waals surface area contributed by atoms with E-state index in [4.69, 9.17) is 18.9 Å². The summed E-state index contributed by atoms with van der Waals surface area (Å²) in [5.41, 5.74) is 0.768. The van der Waals surface area contributed by atoms with Crippen LogP contribution in [0.5, 0.6) is 17.2 Å². The number of carbonyl (C=O) groups excluding carboxylic acids is 2. The van der Waals surface area contributed by atoms with Gasteiger partial charge in [0.1, 0.15) is 18.4 Å². The van der Waals surface area contributed by atoms with E-state index in [0.717, 1.165) is 5.56 Å². The van der Waals surface area contributed by atoms with Gasteiger partial charge in [-0.25, -0.2) is 4.79 Å². The van der Waals surface area contributed by atoms with E-state index >= 15 is 0 Å². The van der Waals surface area contributed by atoms with Crippen molar-refractivity contribution in [3.8, 4) is 17.2 Å². The highest BCUT2D eigenvalue weighted by molar-refractivity contribution is 5.86. The van der Waals surface area contributed by atoms with E-state index in [1.807, 2.05) is 50.2 Å². The lowest BCUT2D eigenvalue weighted by Gasteiger charge is -2.26. The summed E-state index contributed by atoms with van der Waals surface area (Å²) in [7, 11) is 3.11. The number of hydrogen-bond donors (Lipinski definition) is 2. The molecule has 0 bridgehead atoms. The number of para-hydroxylation sites is 1. The minimum absolute atomic E-state index is 0.161. The molecule has 0 aliphatic rings. The minimum atomic E-state index is -0.782. The molecule has 2 N–H and O–H groups in total. The Morgan fingerprint density at radius 2 is 1.55 bits per heavy atom. The van der Waals surface area contributed by atoms with Gasteiger partial charge in [0.25, 0.3) is 0 Å². The molecule has 0 saturated carbocycles. The van der Waals surface area contributed by atoms with Gasteiger partial charge in [0.2, 0.25) is 5.91 Å². The van der Waals surface area contributed by atoms with E-state index in [9.17, 15) is 9.59 Å². The van der Waals surface area contributed by atoms with Crippen LogP contribution in [0.1, 0.15) is 39.3 Å². The number of rotatable bonds is 11. The van der Waals surface area contributed by atoms with Crippen LogP contribution in [-0.4, -0.2) is 45.0 Å². The minimum Gasteiger partial charge on any atom is -0.493 e. The van der Waals surface area contributed by atoms with Crippen molar-refractivity contribution in [2.45, 2.75) is 45.9 Å². The van der Waals surface area contributed by atoms with Crippen molar-refractivity contribution >= 4 is 12.0 Å². The van der Waals surface area contributed by atoms with Crippen LogP contribution in [0.4, 0.5) is 4.79 Å². The molecule has 2 atom stereocenters. The zero-order chi connectivity index (χ0) is 24.4. The predicted octanol–water partition coefficient (Wildman–Crippen LogP) is 4.10. The summed E-state index contributed by atoms with van der Waals surface area (Å²) in [5.74, 6) is 1.28. The van der Waals surface area contributed by atoms with Gasteiger partial charge in [-0.3, -0.25) is 4.79 Å². The van der Waals surface area contributed by atoms with Crippen LogP contribution in [0.15, 0.2) is 48.5 Å². The van der Waals surface area contributed by atoms with E-state index in [2.05, 4.69) is 10.6 Å². The molecule has 2 aromatic rings. The Morgan fingerprint density at radius 3 is 2.12 bits per heavy atom. The first-order valence-electron chi connectivity index (χ1n) is 10.9. The van der Waals surface area contributed by atoms with Gasteiger partial charge in [0.05, 0.1) is 26.4 Å². The number of amides is 2. The summed E-state index contributed by atoms with van der Waals surface area (Å²) in [6.45, 7) is 7.38. The molecular formula is C25H34N2O6. The first-order chi connectivity index (χ1) is 15.7. The van der Waals surface area contributed by atoms with Crippen LogP contribution in [0, 0.1) is 5.92 Å². The molecular weight excluding hydrogens is 424 g/mol. The monoisotopic (exact) mass is 458 g/mol. The lowest BCUT2D eigenvalue weighted by molar-refractivity contribution is -0.125. The average molecular weight is 459 g/mol. The quantitative estimate of drug-likeness (QED) is 0.526. The van der Waals surface area contributed by atoms with Crippen molar-refractivity contribution in [2.24, 2.45) is 5.92 Å². The summed E-state index contributed by atoms with van der Waals surface area (Å²) in [4.78, 5) is 25.3. The Labute approximate surface area is 195 Å². The van der Waals surface area contributed by atoms with Gasteiger partial charge in [-0.15, -0.1) is 0 Å². The number of nitrogens with one attached hydrogen (secondary N) is 2. The summed E-state index contributed by atoms with van der Waals surface area (Å²) < 4.78 is 21.8. The Hall–Kier alpha value is -3.42. The molecule has 8 nitrogen and oxygen atoms in total. The normalized spacial score (nSPS) is 12.6. The summed E-state index contributed by atoms with van der Waals surface area (Å²) in [6, 6.07) is 13.4. The third kappa shape index (κ3) is 7.89. The highest BCUT2D eigenvalue weighted by Gasteiger charge is 2.28. The summed E-state index contributed by atoms with van der Waals surface area (Å²) in [5, 5.41) is 5.66. The number of benzene rings is 2. The van der Waals surface area contributed by atoms with Gasteiger partial charge < -0.3 is 29.6 Å². The van der Waals surface area contributed by atoms with E-state index in [1.54, 1.807) is 40.2 Å². The van der Waals surface area contributed by atoms with Crippen LogP contribution in [0.2, 0.25) is 0 Å². The van der Waals surface area contributed by atoms with Crippen LogP contribution in [0.25, 0.3) is 0 Å². The zero-order valence-corrected chi connectivity index (χ0v) is 20.1. The Bertz CT molecular complexity index is 901. The largest absolute Gasteiger partial charge is 0.493 e. The maximum Gasteiger partial charge on any atom is 0.408 e. The standard InChI is InChI=1S/C25H34N2O6/c1-16(2)23(27-25(29)33-17(3)4)24(28)26-20(15-32-19-10-8-7-9-11-19)18-12-13-21(30-5)22(14-18)31-6/h7-14,16-17,20,23H,15H2,1-6H3,(H,26,28)(H,27,29). The number of alkyl carbamates (subject to hydrolysis) is 1. The first kappa shape index (κ1) is 25.8. The molecule has 2 aromatic carbocycles. The smallest absolute Gasteiger partial charge is 0.408 e. The van der Waals surface area contributed by atoms with Crippen LogP contribution < -0.4 is 24.8 Å². The molecule has 33 heavy (non-hydrogen) atoms. The van der Waals surface area contributed by atoms with Crippen LogP contribution in [-0.2, 0) is 9.53 Å². The van der Waals surface area contributed by atoms with Crippen LogP contribution >= 0.6 is 0 Å². The molecule has 0 aromatic heterocycles. The third-order valence-electron chi connectivity index (χ3n) is 4.85. The van der Waals surface area contributed by atoms with Crippen molar-refractivity contribution in [3.05, 3.63) is 54.1 Å². The lowest BCUT2D eigenvalue weighted by Crippen LogP contribution is -2.51. The van der Waals surface area contributed by atoms with Crippen molar-refractivity contribution < 1.29 is 28.5 Å². The molecule has 8 heteroatoms. The number of ether oxygens (including phenoxy) is 4. The Kier molecular flexibility index (Phi) is 9.84. The number of hydrogen-bond acceptors (Lipinski definition) is 6. The highest BCUT2D eigenvalue weighted by atomic mass is 16.6. The van der Waals surface area contributed by atoms with E-state index < -0.39 is 18.2 Å².